The number of alkyl halides is 2. The minimum atomic E-state index is -2.60. The molecule has 1 aliphatic carbocycles. The van der Waals surface area contributed by atoms with E-state index in [1.807, 2.05) is 36.4 Å². The van der Waals surface area contributed by atoms with Gasteiger partial charge >= 0.3 is 0 Å². The van der Waals surface area contributed by atoms with Gasteiger partial charge in [-0.05, 0) is 6.07 Å². The van der Waals surface area contributed by atoms with Gasteiger partial charge in [-0.25, -0.2) is 8.78 Å². The van der Waals surface area contributed by atoms with E-state index in [-0.39, 0.29) is 19.4 Å². The lowest BCUT2D eigenvalue weighted by molar-refractivity contribution is -0.125. The second-order valence-corrected chi connectivity index (χ2v) is 5.23. The first-order valence-electron chi connectivity index (χ1n) is 6.24. The van der Waals surface area contributed by atoms with Crippen LogP contribution in [0.2, 0.25) is 0 Å². The molecule has 1 fully saturated rings. The quantitative estimate of drug-likeness (QED) is 0.894. The average Bonchev–Trinajstić information content (AvgIpc) is 2.86. The molecule has 0 atom stereocenters. The van der Waals surface area contributed by atoms with Gasteiger partial charge in [0.05, 0.1) is 5.69 Å². The molecule has 0 amide bonds. The monoisotopic (exact) mass is 263 g/mol. The summed E-state index contributed by atoms with van der Waals surface area (Å²) >= 11 is 0. The van der Waals surface area contributed by atoms with Gasteiger partial charge in [0.15, 0.2) is 0 Å². The van der Waals surface area contributed by atoms with E-state index >= 15 is 0 Å². The standard InChI is InChI=1S/C14H15F2N3/c15-14(16)7-13(8-14,9-17)12-6-11(18-19-12)10-4-2-1-3-5-10/h1-6H,7-9,17H2,(H,18,19). The number of halogens is 2. The molecular formula is C14H15F2N3. The lowest BCUT2D eigenvalue weighted by atomic mass is 9.64. The Balaban J connectivity index is 1.90. The maximum atomic E-state index is 13.1. The van der Waals surface area contributed by atoms with Gasteiger partial charge in [0, 0.05) is 36.1 Å². The predicted molar refractivity (Wildman–Crippen MR) is 68.9 cm³/mol. The van der Waals surface area contributed by atoms with Gasteiger partial charge in [0.25, 0.3) is 0 Å². The zero-order chi connectivity index (χ0) is 13.5. The number of rotatable bonds is 3. The van der Waals surface area contributed by atoms with Crippen molar-refractivity contribution >= 4 is 0 Å². The van der Waals surface area contributed by atoms with Crippen LogP contribution in [0.4, 0.5) is 8.78 Å². The van der Waals surface area contributed by atoms with Crippen LogP contribution in [0.25, 0.3) is 11.3 Å². The molecule has 3 N–H and O–H groups in total. The van der Waals surface area contributed by atoms with Crippen LogP contribution < -0.4 is 5.73 Å². The molecule has 1 aliphatic rings. The highest BCUT2D eigenvalue weighted by Gasteiger charge is 2.57. The summed E-state index contributed by atoms with van der Waals surface area (Å²) in [7, 11) is 0. The number of nitrogens with one attached hydrogen (secondary N) is 1. The molecule has 0 radical (unpaired) electrons. The Morgan fingerprint density at radius 1 is 1.21 bits per heavy atom. The SMILES string of the molecule is NCC1(c2cc(-c3ccccc3)n[nH]2)CC(F)(F)C1. The van der Waals surface area contributed by atoms with Gasteiger partial charge in [-0.2, -0.15) is 5.10 Å². The van der Waals surface area contributed by atoms with Crippen molar-refractivity contribution in [3.05, 3.63) is 42.1 Å². The molecule has 1 saturated carbocycles. The van der Waals surface area contributed by atoms with E-state index in [1.165, 1.54) is 0 Å². The molecular weight excluding hydrogens is 248 g/mol. The van der Waals surface area contributed by atoms with Gasteiger partial charge < -0.3 is 5.73 Å². The predicted octanol–water partition coefficient (Wildman–Crippen LogP) is 2.70. The zero-order valence-corrected chi connectivity index (χ0v) is 10.4. The molecule has 0 unspecified atom stereocenters. The number of nitrogens with zero attached hydrogens (tertiary/aromatic N) is 1. The number of aromatic nitrogens is 2. The Hall–Kier alpha value is -1.75. The third kappa shape index (κ3) is 2.04. The van der Waals surface area contributed by atoms with E-state index in [9.17, 15) is 8.78 Å². The molecule has 1 aromatic heterocycles. The average molecular weight is 263 g/mol. The molecule has 0 saturated heterocycles. The van der Waals surface area contributed by atoms with E-state index in [2.05, 4.69) is 10.2 Å². The molecule has 0 spiro atoms. The molecule has 0 bridgehead atoms. The lowest BCUT2D eigenvalue weighted by Crippen LogP contribution is -2.53. The van der Waals surface area contributed by atoms with Crippen molar-refractivity contribution < 1.29 is 8.78 Å². The van der Waals surface area contributed by atoms with Gasteiger partial charge in [-0.3, -0.25) is 5.10 Å². The van der Waals surface area contributed by atoms with E-state index in [1.54, 1.807) is 0 Å². The van der Waals surface area contributed by atoms with Crippen LogP contribution in [-0.2, 0) is 5.41 Å². The number of hydrogen-bond acceptors (Lipinski definition) is 2. The highest BCUT2D eigenvalue weighted by atomic mass is 19.3. The summed E-state index contributed by atoms with van der Waals surface area (Å²) in [5.74, 6) is -2.60. The van der Waals surface area contributed by atoms with Crippen LogP contribution >= 0.6 is 0 Å². The molecule has 1 aromatic carbocycles. The van der Waals surface area contributed by atoms with Gasteiger partial charge in [0.2, 0.25) is 5.92 Å². The van der Waals surface area contributed by atoms with Crippen molar-refractivity contribution in [1.82, 2.24) is 10.2 Å². The third-order valence-electron chi connectivity index (χ3n) is 3.80. The van der Waals surface area contributed by atoms with Crippen molar-refractivity contribution in [2.24, 2.45) is 5.73 Å². The van der Waals surface area contributed by atoms with Crippen molar-refractivity contribution in [3.8, 4) is 11.3 Å². The topological polar surface area (TPSA) is 54.7 Å². The minimum absolute atomic E-state index is 0.201. The summed E-state index contributed by atoms with van der Waals surface area (Å²) in [6.45, 7) is 0.207. The molecule has 3 rings (SSSR count). The van der Waals surface area contributed by atoms with E-state index in [0.29, 0.717) is 5.69 Å². The molecule has 3 nitrogen and oxygen atoms in total. The number of benzene rings is 1. The first-order chi connectivity index (χ1) is 9.05. The molecule has 2 aromatic rings. The van der Waals surface area contributed by atoms with Gasteiger partial charge in [0.1, 0.15) is 0 Å². The van der Waals surface area contributed by atoms with Gasteiger partial charge in [-0.1, -0.05) is 30.3 Å². The van der Waals surface area contributed by atoms with Crippen LogP contribution in [0.3, 0.4) is 0 Å². The first-order valence-corrected chi connectivity index (χ1v) is 6.24. The summed E-state index contributed by atoms with van der Waals surface area (Å²) in [5.41, 5.74) is 7.47. The van der Waals surface area contributed by atoms with Crippen LogP contribution in [0, 0.1) is 0 Å². The van der Waals surface area contributed by atoms with E-state index < -0.39 is 11.3 Å². The molecule has 19 heavy (non-hydrogen) atoms. The van der Waals surface area contributed by atoms with Gasteiger partial charge in [-0.15, -0.1) is 0 Å². The fourth-order valence-electron chi connectivity index (χ4n) is 2.73. The summed E-state index contributed by atoms with van der Waals surface area (Å²) in [6, 6.07) is 11.5. The smallest absolute Gasteiger partial charge is 0.250 e. The molecule has 100 valence electrons. The van der Waals surface area contributed by atoms with Crippen LogP contribution in [0.1, 0.15) is 18.5 Å². The Kier molecular flexibility index (Phi) is 2.67. The fourth-order valence-corrected chi connectivity index (χ4v) is 2.73. The summed E-state index contributed by atoms with van der Waals surface area (Å²) in [5, 5.41) is 7.08. The van der Waals surface area contributed by atoms with Crippen molar-refractivity contribution in [2.75, 3.05) is 6.54 Å². The Morgan fingerprint density at radius 2 is 1.89 bits per heavy atom. The number of hydrogen-bond donors (Lipinski definition) is 2. The van der Waals surface area contributed by atoms with E-state index in [0.717, 1.165) is 11.3 Å². The van der Waals surface area contributed by atoms with Crippen LogP contribution in [-0.4, -0.2) is 22.7 Å². The zero-order valence-electron chi connectivity index (χ0n) is 10.4. The highest BCUT2D eigenvalue weighted by Crippen LogP contribution is 2.52. The van der Waals surface area contributed by atoms with Crippen molar-refractivity contribution in [3.63, 3.8) is 0 Å². The summed E-state index contributed by atoms with van der Waals surface area (Å²) in [4.78, 5) is 0. The normalized spacial score (nSPS) is 19.9. The van der Waals surface area contributed by atoms with Crippen molar-refractivity contribution in [1.29, 1.82) is 0 Å². The first kappa shape index (κ1) is 12.3. The second kappa shape index (κ2) is 4.13. The Morgan fingerprint density at radius 3 is 2.47 bits per heavy atom. The molecule has 1 heterocycles. The second-order valence-electron chi connectivity index (χ2n) is 5.23. The summed E-state index contributed by atoms with van der Waals surface area (Å²) in [6.07, 6.45) is -0.403. The molecule has 5 heteroatoms. The fraction of sp³-hybridized carbons (Fsp3) is 0.357. The highest BCUT2D eigenvalue weighted by molar-refractivity contribution is 5.59. The maximum absolute atomic E-state index is 13.1. The minimum Gasteiger partial charge on any atom is -0.330 e. The molecule has 0 aliphatic heterocycles. The number of nitrogens with two attached hydrogens (primary N) is 1. The maximum Gasteiger partial charge on any atom is 0.250 e. The largest absolute Gasteiger partial charge is 0.330 e. The van der Waals surface area contributed by atoms with Crippen LogP contribution in [0.5, 0.6) is 0 Å². The number of aromatic amines is 1. The Labute approximate surface area is 109 Å². The Bertz CT molecular complexity index is 569. The van der Waals surface area contributed by atoms with Crippen molar-refractivity contribution in [2.45, 2.75) is 24.2 Å². The van der Waals surface area contributed by atoms with Crippen LogP contribution in [0.15, 0.2) is 36.4 Å². The number of H-pyrrole nitrogens is 1. The summed E-state index contributed by atoms with van der Waals surface area (Å²) < 4.78 is 26.3. The van der Waals surface area contributed by atoms with E-state index in [4.69, 9.17) is 5.73 Å². The lowest BCUT2D eigenvalue weighted by Gasteiger charge is -2.45. The third-order valence-corrected chi connectivity index (χ3v) is 3.80.